The third-order valence-electron chi connectivity index (χ3n) is 4.48. The van der Waals surface area contributed by atoms with E-state index in [1.54, 1.807) is 13.2 Å². The molecule has 0 aliphatic heterocycles. The van der Waals surface area contributed by atoms with Gasteiger partial charge in [0.15, 0.2) is 5.96 Å². The van der Waals surface area contributed by atoms with Gasteiger partial charge in [-0.3, -0.25) is 9.67 Å². The zero-order valence-corrected chi connectivity index (χ0v) is 15.7. The maximum absolute atomic E-state index is 6.04. The van der Waals surface area contributed by atoms with Crippen LogP contribution in [0.5, 0.6) is 5.75 Å². The SMILES string of the molecule is CN=C(NCCCn1cccn1)NCc1ccc(C)cc1OCC1CC1. The number of aryl methyl sites for hydroxylation is 2. The molecular weight excluding hydrogens is 326 g/mol. The Morgan fingerprint density at radius 1 is 1.35 bits per heavy atom. The largest absolute Gasteiger partial charge is 0.493 e. The predicted octanol–water partition coefficient (Wildman–Crippen LogP) is 2.74. The van der Waals surface area contributed by atoms with E-state index < -0.39 is 0 Å². The molecule has 6 nitrogen and oxygen atoms in total. The molecule has 3 rings (SSSR count). The first-order valence-electron chi connectivity index (χ1n) is 9.39. The minimum atomic E-state index is 0.694. The Kier molecular flexibility index (Phi) is 6.52. The Labute approximate surface area is 155 Å². The van der Waals surface area contributed by atoms with Crippen LogP contribution in [0.25, 0.3) is 0 Å². The van der Waals surface area contributed by atoms with Gasteiger partial charge in [0, 0.05) is 44.6 Å². The first-order chi connectivity index (χ1) is 12.7. The van der Waals surface area contributed by atoms with Gasteiger partial charge < -0.3 is 15.4 Å². The van der Waals surface area contributed by atoms with Gasteiger partial charge in [-0.2, -0.15) is 5.10 Å². The van der Waals surface area contributed by atoms with Crippen LogP contribution < -0.4 is 15.4 Å². The molecule has 0 unspecified atom stereocenters. The molecule has 0 radical (unpaired) electrons. The van der Waals surface area contributed by atoms with E-state index in [2.05, 4.69) is 45.8 Å². The van der Waals surface area contributed by atoms with Crippen LogP contribution in [-0.2, 0) is 13.1 Å². The molecule has 26 heavy (non-hydrogen) atoms. The Morgan fingerprint density at radius 3 is 2.96 bits per heavy atom. The molecule has 1 aromatic carbocycles. The monoisotopic (exact) mass is 355 g/mol. The second-order valence-electron chi connectivity index (χ2n) is 6.84. The minimum absolute atomic E-state index is 0.694. The molecule has 140 valence electrons. The van der Waals surface area contributed by atoms with Crippen molar-refractivity contribution in [1.82, 2.24) is 20.4 Å². The number of hydrogen-bond donors (Lipinski definition) is 2. The van der Waals surface area contributed by atoms with Crippen LogP contribution in [0.3, 0.4) is 0 Å². The Balaban J connectivity index is 1.45. The Bertz CT molecular complexity index is 707. The van der Waals surface area contributed by atoms with E-state index in [4.69, 9.17) is 4.74 Å². The lowest BCUT2D eigenvalue weighted by Gasteiger charge is -2.15. The molecule has 1 heterocycles. The van der Waals surface area contributed by atoms with Gasteiger partial charge in [-0.25, -0.2) is 0 Å². The van der Waals surface area contributed by atoms with E-state index in [0.29, 0.717) is 6.54 Å². The average Bonchev–Trinajstić information content (AvgIpc) is 3.34. The van der Waals surface area contributed by atoms with Crippen molar-refractivity contribution in [1.29, 1.82) is 0 Å². The first-order valence-corrected chi connectivity index (χ1v) is 9.39. The summed E-state index contributed by atoms with van der Waals surface area (Å²) in [5.41, 5.74) is 2.39. The van der Waals surface area contributed by atoms with Crippen molar-refractivity contribution in [2.75, 3.05) is 20.2 Å². The second-order valence-corrected chi connectivity index (χ2v) is 6.84. The van der Waals surface area contributed by atoms with Gasteiger partial charge in [-0.1, -0.05) is 12.1 Å². The molecule has 0 spiro atoms. The zero-order valence-electron chi connectivity index (χ0n) is 15.7. The first kappa shape index (κ1) is 18.3. The predicted molar refractivity (Wildman–Crippen MR) is 104 cm³/mol. The third-order valence-corrected chi connectivity index (χ3v) is 4.48. The average molecular weight is 355 g/mol. The summed E-state index contributed by atoms with van der Waals surface area (Å²) in [5.74, 6) is 2.54. The van der Waals surface area contributed by atoms with Crippen LogP contribution in [0, 0.1) is 12.8 Å². The van der Waals surface area contributed by atoms with Crippen molar-refractivity contribution < 1.29 is 4.74 Å². The fraction of sp³-hybridized carbons (Fsp3) is 0.500. The third kappa shape index (κ3) is 5.79. The highest BCUT2D eigenvalue weighted by atomic mass is 16.5. The molecule has 0 atom stereocenters. The van der Waals surface area contributed by atoms with E-state index >= 15 is 0 Å². The van der Waals surface area contributed by atoms with E-state index in [1.165, 1.54) is 18.4 Å². The number of rotatable bonds is 9. The Morgan fingerprint density at radius 2 is 2.23 bits per heavy atom. The highest BCUT2D eigenvalue weighted by Crippen LogP contribution is 2.30. The normalized spacial score (nSPS) is 14.3. The molecule has 1 aromatic heterocycles. The smallest absolute Gasteiger partial charge is 0.191 e. The molecular formula is C20H29N5O. The maximum atomic E-state index is 6.04. The topological polar surface area (TPSA) is 63.5 Å². The summed E-state index contributed by atoms with van der Waals surface area (Å²) >= 11 is 0. The number of aliphatic imine (C=N–C) groups is 1. The van der Waals surface area contributed by atoms with Crippen molar-refractivity contribution in [3.8, 4) is 5.75 Å². The number of benzene rings is 1. The molecule has 6 heteroatoms. The summed E-state index contributed by atoms with van der Waals surface area (Å²) in [6.07, 6.45) is 7.37. The lowest BCUT2D eigenvalue weighted by Crippen LogP contribution is -2.37. The minimum Gasteiger partial charge on any atom is -0.493 e. The summed E-state index contributed by atoms with van der Waals surface area (Å²) in [4.78, 5) is 4.30. The number of nitrogens with one attached hydrogen (secondary N) is 2. The number of hydrogen-bond acceptors (Lipinski definition) is 3. The molecule has 0 saturated heterocycles. The molecule has 2 N–H and O–H groups in total. The maximum Gasteiger partial charge on any atom is 0.191 e. The van der Waals surface area contributed by atoms with Gasteiger partial charge in [0.05, 0.1) is 6.61 Å². The molecule has 2 aromatic rings. The summed E-state index contributed by atoms with van der Waals surface area (Å²) in [5, 5.41) is 10.9. The van der Waals surface area contributed by atoms with Gasteiger partial charge in [0.1, 0.15) is 5.75 Å². The molecule has 1 aliphatic rings. The van der Waals surface area contributed by atoms with Crippen molar-refractivity contribution >= 4 is 5.96 Å². The highest BCUT2D eigenvalue weighted by Gasteiger charge is 2.22. The van der Waals surface area contributed by atoms with Crippen molar-refractivity contribution in [2.45, 2.75) is 39.3 Å². The van der Waals surface area contributed by atoms with Gasteiger partial charge in [-0.15, -0.1) is 0 Å². The van der Waals surface area contributed by atoms with Crippen LogP contribution in [0.2, 0.25) is 0 Å². The summed E-state index contributed by atoms with van der Waals surface area (Å²) in [6, 6.07) is 8.33. The Hall–Kier alpha value is -2.50. The molecule has 1 saturated carbocycles. The number of ether oxygens (including phenoxy) is 1. The summed E-state index contributed by atoms with van der Waals surface area (Å²) in [7, 11) is 1.79. The van der Waals surface area contributed by atoms with E-state index in [9.17, 15) is 0 Å². The van der Waals surface area contributed by atoms with E-state index in [0.717, 1.165) is 49.3 Å². The zero-order chi connectivity index (χ0) is 18.2. The highest BCUT2D eigenvalue weighted by molar-refractivity contribution is 5.79. The van der Waals surface area contributed by atoms with Crippen molar-refractivity contribution in [3.63, 3.8) is 0 Å². The van der Waals surface area contributed by atoms with Crippen LogP contribution in [0.1, 0.15) is 30.4 Å². The number of nitrogens with zero attached hydrogens (tertiary/aromatic N) is 3. The van der Waals surface area contributed by atoms with Gasteiger partial charge in [0.25, 0.3) is 0 Å². The van der Waals surface area contributed by atoms with Crippen LogP contribution >= 0.6 is 0 Å². The number of guanidine groups is 1. The fourth-order valence-electron chi connectivity index (χ4n) is 2.71. The summed E-state index contributed by atoms with van der Waals surface area (Å²) < 4.78 is 7.98. The van der Waals surface area contributed by atoms with Gasteiger partial charge >= 0.3 is 0 Å². The van der Waals surface area contributed by atoms with E-state index in [-0.39, 0.29) is 0 Å². The molecule has 0 bridgehead atoms. The van der Waals surface area contributed by atoms with Crippen LogP contribution in [0.4, 0.5) is 0 Å². The van der Waals surface area contributed by atoms with E-state index in [1.807, 2.05) is 16.9 Å². The van der Waals surface area contributed by atoms with Crippen LogP contribution in [-0.4, -0.2) is 35.9 Å². The van der Waals surface area contributed by atoms with Gasteiger partial charge in [0.2, 0.25) is 0 Å². The lowest BCUT2D eigenvalue weighted by molar-refractivity contribution is 0.296. The van der Waals surface area contributed by atoms with Crippen LogP contribution in [0.15, 0.2) is 41.7 Å². The quantitative estimate of drug-likeness (QED) is 0.412. The molecule has 0 amide bonds. The standard InChI is InChI=1S/C20H29N5O/c1-16-5-8-18(19(13-16)26-15-17-6-7-17)14-23-20(21-2)22-9-3-11-25-12-4-10-24-25/h4-5,8,10,12-13,17H,3,6-7,9,11,14-15H2,1-2H3,(H2,21,22,23). The summed E-state index contributed by atoms with van der Waals surface area (Å²) in [6.45, 7) is 5.36. The van der Waals surface area contributed by atoms with Crippen molar-refractivity contribution in [2.24, 2.45) is 10.9 Å². The van der Waals surface area contributed by atoms with Gasteiger partial charge in [-0.05, 0) is 49.8 Å². The number of aromatic nitrogens is 2. The second kappa shape index (κ2) is 9.27. The fourth-order valence-corrected chi connectivity index (χ4v) is 2.71. The lowest BCUT2D eigenvalue weighted by atomic mass is 10.1. The van der Waals surface area contributed by atoms with Crippen molar-refractivity contribution in [3.05, 3.63) is 47.8 Å². The molecule has 1 fully saturated rings. The molecule has 1 aliphatic carbocycles.